The molecule has 1 heterocycles. The van der Waals surface area contributed by atoms with Gasteiger partial charge in [0.15, 0.2) is 0 Å². The van der Waals surface area contributed by atoms with Crippen molar-refractivity contribution in [3.8, 4) is 0 Å². The lowest BCUT2D eigenvalue weighted by Crippen LogP contribution is -2.08. The largest absolute Gasteiger partial charge is 0.326 e. The van der Waals surface area contributed by atoms with Crippen LogP contribution in [0, 0.1) is 6.92 Å². The van der Waals surface area contributed by atoms with Crippen LogP contribution in [0.5, 0.6) is 0 Å². The molecule has 1 rings (SSSR count). The molecule has 0 aliphatic rings. The van der Waals surface area contributed by atoms with Gasteiger partial charge in [0, 0.05) is 18.4 Å². The number of nitrogens with zero attached hydrogens (tertiary/aromatic N) is 1. The number of nitrogens with two attached hydrogens (primary N) is 1. The molecule has 1 aromatic rings. The topological polar surface area (TPSA) is 38.9 Å². The molecule has 0 amide bonds. The number of pyridine rings is 1. The van der Waals surface area contributed by atoms with E-state index >= 15 is 0 Å². The molecule has 100 valence electrons. The van der Waals surface area contributed by atoms with Crippen molar-refractivity contribution in [3.05, 3.63) is 34.7 Å². The Labute approximate surface area is 111 Å². The summed E-state index contributed by atoms with van der Waals surface area (Å²) in [7, 11) is 0. The van der Waals surface area contributed by atoms with Crippen molar-refractivity contribution in [1.29, 1.82) is 0 Å². The summed E-state index contributed by atoms with van der Waals surface area (Å²) in [6, 6.07) is 0. The fourth-order valence-corrected chi connectivity index (χ4v) is 2.48. The highest BCUT2D eigenvalue weighted by molar-refractivity contribution is 5.59. The van der Waals surface area contributed by atoms with Crippen molar-refractivity contribution >= 4 is 6.08 Å². The van der Waals surface area contributed by atoms with Gasteiger partial charge in [-0.1, -0.05) is 38.8 Å². The summed E-state index contributed by atoms with van der Waals surface area (Å²) in [4.78, 5) is 4.51. The second-order valence-electron chi connectivity index (χ2n) is 4.94. The van der Waals surface area contributed by atoms with Gasteiger partial charge in [0.05, 0.1) is 0 Å². The van der Waals surface area contributed by atoms with Crippen LogP contribution in [0.2, 0.25) is 0 Å². The molecule has 0 aliphatic heterocycles. The Morgan fingerprint density at radius 2 is 2.17 bits per heavy atom. The predicted octanol–water partition coefficient (Wildman–Crippen LogP) is 4.18. The van der Waals surface area contributed by atoms with E-state index in [1.807, 2.05) is 6.20 Å². The summed E-state index contributed by atoms with van der Waals surface area (Å²) in [6.07, 6.45) is 9.91. The third-order valence-corrected chi connectivity index (χ3v) is 3.48. The van der Waals surface area contributed by atoms with Crippen molar-refractivity contribution < 1.29 is 0 Å². The molecule has 0 spiro atoms. The first-order chi connectivity index (χ1) is 8.65. The van der Waals surface area contributed by atoms with Crippen LogP contribution >= 0.6 is 0 Å². The van der Waals surface area contributed by atoms with E-state index < -0.39 is 0 Å². The monoisotopic (exact) mass is 246 g/mol. The number of aryl methyl sites for hydroxylation is 1. The average Bonchev–Trinajstić information content (AvgIpc) is 2.37. The Morgan fingerprint density at radius 1 is 1.44 bits per heavy atom. The number of hydrogen-bond acceptors (Lipinski definition) is 2. The van der Waals surface area contributed by atoms with Crippen LogP contribution in [0.25, 0.3) is 6.08 Å². The van der Waals surface area contributed by atoms with Gasteiger partial charge < -0.3 is 5.73 Å². The zero-order valence-corrected chi connectivity index (χ0v) is 12.2. The first-order valence-corrected chi connectivity index (χ1v) is 6.96. The molecule has 0 bridgehead atoms. The summed E-state index contributed by atoms with van der Waals surface area (Å²) >= 11 is 0. The fourth-order valence-electron chi connectivity index (χ4n) is 2.48. The number of allylic oxidation sites excluding steroid dienone is 1. The third-order valence-electron chi connectivity index (χ3n) is 3.48. The quantitative estimate of drug-likeness (QED) is 0.818. The highest BCUT2D eigenvalue weighted by atomic mass is 14.7. The van der Waals surface area contributed by atoms with E-state index in [9.17, 15) is 0 Å². The molecule has 0 radical (unpaired) electrons. The fraction of sp³-hybridized carbons (Fsp3) is 0.562. The standard InChI is InChI=1S/C16H26N2/c1-5-7-9-12(3)16-13(4)18-11-14(10-17)15(16)8-6-2/h6,8,11-12H,5,7,9-10,17H2,1-4H3/b8-6-. The van der Waals surface area contributed by atoms with Crippen LogP contribution in [-0.2, 0) is 6.54 Å². The minimum atomic E-state index is 0.551. The minimum absolute atomic E-state index is 0.551. The van der Waals surface area contributed by atoms with Crippen molar-refractivity contribution in [2.24, 2.45) is 5.73 Å². The first kappa shape index (κ1) is 14.9. The van der Waals surface area contributed by atoms with Gasteiger partial charge in [-0.2, -0.15) is 0 Å². The van der Waals surface area contributed by atoms with Crippen LogP contribution in [0.4, 0.5) is 0 Å². The van der Waals surface area contributed by atoms with Gasteiger partial charge in [0.25, 0.3) is 0 Å². The van der Waals surface area contributed by atoms with Crippen LogP contribution in [0.15, 0.2) is 12.3 Å². The molecule has 18 heavy (non-hydrogen) atoms. The number of unbranched alkanes of at least 4 members (excludes halogenated alkanes) is 1. The number of aromatic nitrogens is 1. The van der Waals surface area contributed by atoms with Crippen LogP contribution < -0.4 is 5.73 Å². The second kappa shape index (κ2) is 7.32. The molecule has 1 atom stereocenters. The van der Waals surface area contributed by atoms with Gasteiger partial charge in [0.2, 0.25) is 0 Å². The van der Waals surface area contributed by atoms with Gasteiger partial charge >= 0.3 is 0 Å². The smallest absolute Gasteiger partial charge is 0.0413 e. The molecule has 1 aromatic heterocycles. The van der Waals surface area contributed by atoms with E-state index in [1.54, 1.807) is 0 Å². The SMILES string of the molecule is C/C=C\c1c(CN)cnc(C)c1C(C)CCCC. The molecule has 2 heteroatoms. The van der Waals surface area contributed by atoms with Crippen molar-refractivity contribution in [2.45, 2.75) is 59.4 Å². The summed E-state index contributed by atoms with van der Waals surface area (Å²) in [5, 5.41) is 0. The van der Waals surface area contributed by atoms with Gasteiger partial charge in [-0.25, -0.2) is 0 Å². The summed E-state index contributed by atoms with van der Waals surface area (Å²) in [5.74, 6) is 0.551. The third kappa shape index (κ3) is 3.42. The molecular formula is C16H26N2. The maximum Gasteiger partial charge on any atom is 0.0413 e. The Kier molecular flexibility index (Phi) is 6.06. The molecule has 2 N–H and O–H groups in total. The molecule has 2 nitrogen and oxygen atoms in total. The van der Waals surface area contributed by atoms with Gasteiger partial charge in [-0.3, -0.25) is 4.98 Å². The normalized spacial score (nSPS) is 13.2. The van der Waals surface area contributed by atoms with Crippen molar-refractivity contribution in [2.75, 3.05) is 0 Å². The molecule has 0 saturated heterocycles. The minimum Gasteiger partial charge on any atom is -0.326 e. The Bertz CT molecular complexity index is 408. The summed E-state index contributed by atoms with van der Waals surface area (Å²) in [5.41, 5.74) is 10.8. The molecular weight excluding hydrogens is 220 g/mol. The van der Waals surface area contributed by atoms with E-state index in [4.69, 9.17) is 5.73 Å². The molecule has 1 unspecified atom stereocenters. The summed E-state index contributed by atoms with van der Waals surface area (Å²) < 4.78 is 0. The van der Waals surface area contributed by atoms with E-state index in [0.717, 1.165) is 11.3 Å². The maximum atomic E-state index is 5.83. The van der Waals surface area contributed by atoms with E-state index in [0.29, 0.717) is 12.5 Å². The first-order valence-electron chi connectivity index (χ1n) is 6.96. The lowest BCUT2D eigenvalue weighted by atomic mass is 9.88. The Hall–Kier alpha value is -1.15. The Morgan fingerprint density at radius 3 is 2.72 bits per heavy atom. The van der Waals surface area contributed by atoms with Gasteiger partial charge in [0.1, 0.15) is 0 Å². The van der Waals surface area contributed by atoms with E-state index in [2.05, 4.69) is 44.8 Å². The predicted molar refractivity (Wildman–Crippen MR) is 79.5 cm³/mol. The van der Waals surface area contributed by atoms with E-state index in [1.165, 1.54) is 30.4 Å². The van der Waals surface area contributed by atoms with Crippen molar-refractivity contribution in [1.82, 2.24) is 4.98 Å². The molecule has 0 fully saturated rings. The van der Waals surface area contributed by atoms with E-state index in [-0.39, 0.29) is 0 Å². The molecule has 0 aliphatic carbocycles. The van der Waals surface area contributed by atoms with Crippen molar-refractivity contribution in [3.63, 3.8) is 0 Å². The Balaban J connectivity index is 3.21. The van der Waals surface area contributed by atoms with Gasteiger partial charge in [-0.05, 0) is 42.9 Å². The number of rotatable bonds is 6. The van der Waals surface area contributed by atoms with Gasteiger partial charge in [-0.15, -0.1) is 0 Å². The van der Waals surface area contributed by atoms with Crippen LogP contribution in [-0.4, -0.2) is 4.98 Å². The molecule has 0 aromatic carbocycles. The lowest BCUT2D eigenvalue weighted by Gasteiger charge is -2.19. The lowest BCUT2D eigenvalue weighted by molar-refractivity contribution is 0.617. The van der Waals surface area contributed by atoms with Crippen LogP contribution in [0.3, 0.4) is 0 Å². The maximum absolute atomic E-state index is 5.83. The molecule has 0 saturated carbocycles. The van der Waals surface area contributed by atoms with Crippen LogP contribution in [0.1, 0.15) is 68.3 Å². The highest BCUT2D eigenvalue weighted by Crippen LogP contribution is 2.29. The summed E-state index contributed by atoms with van der Waals surface area (Å²) in [6.45, 7) is 9.25. The number of hydrogen-bond donors (Lipinski definition) is 1. The zero-order valence-electron chi connectivity index (χ0n) is 12.2. The average molecular weight is 246 g/mol. The second-order valence-corrected chi connectivity index (χ2v) is 4.94. The zero-order chi connectivity index (χ0) is 13.5. The highest BCUT2D eigenvalue weighted by Gasteiger charge is 2.15.